The number of anilines is 1. The average molecular weight is 291 g/mol. The molecule has 1 N–H and O–H groups in total. The maximum absolute atomic E-state index is 12.4. The van der Waals surface area contributed by atoms with Crippen LogP contribution in [0.15, 0.2) is 24.3 Å². The molecule has 0 amide bonds. The minimum Gasteiger partial charge on any atom is -0.461 e. The lowest BCUT2D eigenvalue weighted by molar-refractivity contribution is -0.137. The summed E-state index contributed by atoms with van der Waals surface area (Å²) in [4.78, 5) is 24.5. The monoisotopic (exact) mass is 291 g/mol. The van der Waals surface area contributed by atoms with Crippen molar-refractivity contribution in [2.75, 3.05) is 19.0 Å². The number of benzene rings is 1. The van der Waals surface area contributed by atoms with Crippen LogP contribution < -0.4 is 5.32 Å². The lowest BCUT2D eigenvalue weighted by Gasteiger charge is -2.30. The summed E-state index contributed by atoms with van der Waals surface area (Å²) in [5, 5.41) is 2.95. The summed E-state index contributed by atoms with van der Waals surface area (Å²) >= 11 is 0. The van der Waals surface area contributed by atoms with Gasteiger partial charge in [0.25, 0.3) is 0 Å². The normalized spacial score (nSPS) is 11.9. The van der Waals surface area contributed by atoms with Crippen molar-refractivity contribution in [1.29, 1.82) is 0 Å². The van der Waals surface area contributed by atoms with Crippen LogP contribution in [0.4, 0.5) is 5.69 Å². The van der Waals surface area contributed by atoms with E-state index < -0.39 is 16.8 Å². The highest BCUT2D eigenvalue weighted by atomic mass is 16.5. The zero-order valence-corrected chi connectivity index (χ0v) is 13.7. The van der Waals surface area contributed by atoms with Gasteiger partial charge in [0.15, 0.2) is 0 Å². The molecule has 0 unspecified atom stereocenters. The second kappa shape index (κ2) is 6.29. The molecule has 0 saturated heterocycles. The van der Waals surface area contributed by atoms with Crippen LogP contribution in [0.1, 0.15) is 45.0 Å². The Labute approximate surface area is 126 Å². The van der Waals surface area contributed by atoms with Crippen molar-refractivity contribution in [3.05, 3.63) is 29.8 Å². The average Bonchev–Trinajstić information content (AvgIpc) is 2.43. The summed E-state index contributed by atoms with van der Waals surface area (Å²) in [6.07, 6.45) is 0. The first kappa shape index (κ1) is 17.2. The number of para-hydroxylation sites is 1. The molecule has 116 valence electrons. The van der Waals surface area contributed by atoms with Gasteiger partial charge in [-0.3, -0.25) is 4.79 Å². The van der Waals surface area contributed by atoms with E-state index in [0.29, 0.717) is 11.3 Å². The van der Waals surface area contributed by atoms with Gasteiger partial charge in [0.05, 0.1) is 11.0 Å². The Morgan fingerprint density at radius 3 is 2.19 bits per heavy atom. The zero-order valence-electron chi connectivity index (χ0n) is 13.7. The fourth-order valence-electron chi connectivity index (χ4n) is 2.28. The van der Waals surface area contributed by atoms with Crippen LogP contribution in [-0.2, 0) is 9.53 Å². The van der Waals surface area contributed by atoms with Crippen LogP contribution in [-0.4, -0.2) is 25.4 Å². The minimum absolute atomic E-state index is 0.0694. The number of ether oxygens (including phenoxy) is 1. The molecule has 0 aromatic heterocycles. The Hall–Kier alpha value is -1.84. The second-order valence-electron chi connectivity index (χ2n) is 6.83. The third-order valence-corrected chi connectivity index (χ3v) is 3.28. The van der Waals surface area contributed by atoms with Gasteiger partial charge in [-0.2, -0.15) is 0 Å². The predicted octanol–water partition coefficient (Wildman–Crippen LogP) is 3.53. The fourth-order valence-corrected chi connectivity index (χ4v) is 2.28. The number of Topliss-reactive ketones (excluding diaryl/α,β-unsaturated/α-hetero) is 1. The maximum Gasteiger partial charge on any atom is 0.340 e. The quantitative estimate of drug-likeness (QED) is 0.843. The molecule has 0 radical (unpaired) electrons. The molecule has 1 aromatic carbocycles. The van der Waals surface area contributed by atoms with E-state index in [4.69, 9.17) is 4.74 Å². The van der Waals surface area contributed by atoms with Crippen molar-refractivity contribution >= 4 is 17.4 Å². The van der Waals surface area contributed by atoms with Crippen molar-refractivity contribution in [3.63, 3.8) is 0 Å². The molecule has 0 heterocycles. The SMILES string of the molecule is CNc1ccccc1C(=O)OCC(C)(C)C(=O)C(C)(C)C. The van der Waals surface area contributed by atoms with Gasteiger partial charge in [-0.05, 0) is 26.0 Å². The molecule has 0 atom stereocenters. The first-order chi connectivity index (χ1) is 9.59. The molecule has 4 nitrogen and oxygen atoms in total. The molecular weight excluding hydrogens is 266 g/mol. The molecule has 21 heavy (non-hydrogen) atoms. The Balaban J connectivity index is 2.79. The van der Waals surface area contributed by atoms with Gasteiger partial charge in [0.1, 0.15) is 12.4 Å². The molecule has 0 aliphatic heterocycles. The summed E-state index contributed by atoms with van der Waals surface area (Å²) < 4.78 is 5.35. The van der Waals surface area contributed by atoms with Crippen molar-refractivity contribution < 1.29 is 14.3 Å². The van der Waals surface area contributed by atoms with Gasteiger partial charge < -0.3 is 10.1 Å². The number of esters is 1. The van der Waals surface area contributed by atoms with E-state index in [9.17, 15) is 9.59 Å². The lowest BCUT2D eigenvalue weighted by atomic mass is 9.75. The lowest BCUT2D eigenvalue weighted by Crippen LogP contribution is -2.38. The number of ketones is 1. The van der Waals surface area contributed by atoms with E-state index in [1.54, 1.807) is 33.0 Å². The van der Waals surface area contributed by atoms with Gasteiger partial charge >= 0.3 is 5.97 Å². The summed E-state index contributed by atoms with van der Waals surface area (Å²) in [5.41, 5.74) is 0.0165. The van der Waals surface area contributed by atoms with Crippen LogP contribution in [0.3, 0.4) is 0 Å². The Morgan fingerprint density at radius 1 is 1.10 bits per heavy atom. The topological polar surface area (TPSA) is 55.4 Å². The van der Waals surface area contributed by atoms with Gasteiger partial charge in [0, 0.05) is 18.2 Å². The van der Waals surface area contributed by atoms with Crippen molar-refractivity contribution in [2.45, 2.75) is 34.6 Å². The molecular formula is C17H25NO3. The number of hydrogen-bond acceptors (Lipinski definition) is 4. The van der Waals surface area contributed by atoms with Crippen molar-refractivity contribution in [2.24, 2.45) is 10.8 Å². The van der Waals surface area contributed by atoms with E-state index in [2.05, 4.69) is 5.32 Å². The summed E-state index contributed by atoms with van der Waals surface area (Å²) in [7, 11) is 1.75. The first-order valence-corrected chi connectivity index (χ1v) is 7.08. The Bertz CT molecular complexity index is 527. The summed E-state index contributed by atoms with van der Waals surface area (Å²) in [6, 6.07) is 7.13. The number of rotatable bonds is 5. The van der Waals surface area contributed by atoms with E-state index in [1.165, 1.54) is 0 Å². The third kappa shape index (κ3) is 4.31. The number of nitrogens with one attached hydrogen (secondary N) is 1. The smallest absolute Gasteiger partial charge is 0.340 e. The van der Waals surface area contributed by atoms with Crippen LogP contribution in [0, 0.1) is 10.8 Å². The number of carbonyl (C=O) groups is 2. The Kier molecular flexibility index (Phi) is 5.15. The molecule has 1 aromatic rings. The number of carbonyl (C=O) groups excluding carboxylic acids is 2. The summed E-state index contributed by atoms with van der Waals surface area (Å²) in [6.45, 7) is 9.29. The third-order valence-electron chi connectivity index (χ3n) is 3.28. The standard InChI is InChI=1S/C17H25NO3/c1-16(2,3)15(20)17(4,5)11-21-14(19)12-9-7-8-10-13(12)18-6/h7-10,18H,11H2,1-6H3. The molecule has 0 bridgehead atoms. The van der Waals surface area contributed by atoms with Crippen LogP contribution in [0.25, 0.3) is 0 Å². The molecule has 0 fully saturated rings. The predicted molar refractivity (Wildman–Crippen MR) is 84.5 cm³/mol. The molecule has 4 heteroatoms. The Morgan fingerprint density at radius 2 is 1.67 bits per heavy atom. The molecule has 0 aliphatic rings. The largest absolute Gasteiger partial charge is 0.461 e. The van der Waals surface area contributed by atoms with Crippen LogP contribution >= 0.6 is 0 Å². The number of hydrogen-bond donors (Lipinski definition) is 1. The van der Waals surface area contributed by atoms with Crippen LogP contribution in [0.5, 0.6) is 0 Å². The van der Waals surface area contributed by atoms with Gasteiger partial charge in [0.2, 0.25) is 0 Å². The van der Waals surface area contributed by atoms with Gasteiger partial charge in [-0.1, -0.05) is 32.9 Å². The highest BCUT2D eigenvalue weighted by Crippen LogP contribution is 2.29. The van der Waals surface area contributed by atoms with E-state index in [0.717, 1.165) is 0 Å². The molecule has 0 saturated carbocycles. The van der Waals surface area contributed by atoms with Crippen molar-refractivity contribution in [1.82, 2.24) is 0 Å². The van der Waals surface area contributed by atoms with E-state index in [-0.39, 0.29) is 12.4 Å². The van der Waals surface area contributed by atoms with Gasteiger partial charge in [-0.25, -0.2) is 4.79 Å². The second-order valence-corrected chi connectivity index (χ2v) is 6.83. The molecule has 0 spiro atoms. The molecule has 0 aliphatic carbocycles. The fraction of sp³-hybridized carbons (Fsp3) is 0.529. The van der Waals surface area contributed by atoms with Gasteiger partial charge in [-0.15, -0.1) is 0 Å². The maximum atomic E-state index is 12.4. The van der Waals surface area contributed by atoms with Crippen LogP contribution in [0.2, 0.25) is 0 Å². The van der Waals surface area contributed by atoms with E-state index in [1.807, 2.05) is 32.9 Å². The zero-order chi connectivity index (χ0) is 16.3. The van der Waals surface area contributed by atoms with Crippen molar-refractivity contribution in [3.8, 4) is 0 Å². The first-order valence-electron chi connectivity index (χ1n) is 7.08. The highest BCUT2D eigenvalue weighted by molar-refractivity contribution is 5.96. The minimum atomic E-state index is -0.706. The highest BCUT2D eigenvalue weighted by Gasteiger charge is 2.37. The summed E-state index contributed by atoms with van der Waals surface area (Å²) in [5.74, 6) is -0.348. The van der Waals surface area contributed by atoms with E-state index >= 15 is 0 Å². The molecule has 1 rings (SSSR count).